The first kappa shape index (κ1) is 23.8. The van der Waals surface area contributed by atoms with Crippen LogP contribution in [0.1, 0.15) is 64.5 Å². The molecule has 1 aromatic carbocycles. The molecule has 1 saturated carbocycles. The summed E-state index contributed by atoms with van der Waals surface area (Å²) in [6.07, 6.45) is 9.02. The smallest absolute Gasteiger partial charge is 0.410 e. The molecule has 1 aliphatic heterocycles. The number of nitrogens with two attached hydrogens (primary N) is 1. The molecule has 2 fully saturated rings. The maximum absolute atomic E-state index is 12.5. The van der Waals surface area contributed by atoms with Gasteiger partial charge < -0.3 is 15.4 Å². The van der Waals surface area contributed by atoms with Crippen LogP contribution in [0.15, 0.2) is 36.8 Å². The first-order chi connectivity index (χ1) is 17.7. The lowest BCUT2D eigenvalue weighted by molar-refractivity contribution is 0.0203. The second kappa shape index (κ2) is 9.04. The molecule has 1 amide bonds. The number of piperidine rings is 1. The Kier molecular flexibility index (Phi) is 5.81. The molecule has 6 rings (SSSR count). The predicted octanol–water partition coefficient (Wildman–Crippen LogP) is 5.24. The van der Waals surface area contributed by atoms with E-state index in [9.17, 15) is 4.79 Å². The average Bonchev–Trinajstić information content (AvgIpc) is 3.42. The minimum absolute atomic E-state index is 0.247. The van der Waals surface area contributed by atoms with Crippen molar-refractivity contribution in [1.82, 2.24) is 29.3 Å². The van der Waals surface area contributed by atoms with E-state index in [2.05, 4.69) is 45.2 Å². The van der Waals surface area contributed by atoms with E-state index in [0.29, 0.717) is 18.9 Å². The molecule has 9 heteroatoms. The van der Waals surface area contributed by atoms with Crippen molar-refractivity contribution < 1.29 is 9.53 Å². The van der Waals surface area contributed by atoms with Crippen molar-refractivity contribution in [3.05, 3.63) is 42.5 Å². The number of ether oxygens (including phenoxy) is 1. The largest absolute Gasteiger partial charge is 0.444 e. The Hall–Kier alpha value is -3.62. The zero-order valence-corrected chi connectivity index (χ0v) is 21.9. The number of rotatable bonds is 4. The molecule has 0 unspecified atom stereocenters. The zero-order valence-electron chi connectivity index (χ0n) is 21.9. The van der Waals surface area contributed by atoms with Crippen LogP contribution in [0.2, 0.25) is 0 Å². The molecule has 1 aliphatic carbocycles. The van der Waals surface area contributed by atoms with Gasteiger partial charge in [0.1, 0.15) is 17.4 Å². The van der Waals surface area contributed by atoms with Gasteiger partial charge in [-0.05, 0) is 70.1 Å². The molecule has 0 atom stereocenters. The summed E-state index contributed by atoms with van der Waals surface area (Å²) in [5.74, 6) is 1.46. The lowest BCUT2D eigenvalue weighted by Gasteiger charge is -2.33. The number of nitrogen functional groups attached to an aromatic ring is 1. The summed E-state index contributed by atoms with van der Waals surface area (Å²) in [7, 11) is 0. The highest BCUT2D eigenvalue weighted by Gasteiger charge is 2.30. The van der Waals surface area contributed by atoms with Gasteiger partial charge >= 0.3 is 6.09 Å². The monoisotopic (exact) mass is 501 g/mol. The average molecular weight is 502 g/mol. The molecule has 0 radical (unpaired) electrons. The molecule has 0 spiro atoms. The van der Waals surface area contributed by atoms with E-state index in [1.165, 1.54) is 25.6 Å². The Morgan fingerprint density at radius 2 is 1.92 bits per heavy atom. The highest BCUT2D eigenvalue weighted by molar-refractivity contribution is 5.92. The molecule has 4 aromatic rings. The van der Waals surface area contributed by atoms with E-state index < -0.39 is 5.60 Å². The molecular formula is C28H35N7O2. The summed E-state index contributed by atoms with van der Waals surface area (Å²) >= 11 is 0. The first-order valence-corrected chi connectivity index (χ1v) is 13.3. The van der Waals surface area contributed by atoms with Crippen LogP contribution in [0.4, 0.5) is 10.6 Å². The fraction of sp³-hybridized carbons (Fsp3) is 0.500. The standard InChI is InChI=1S/C28H35N7O2/c1-28(2,3)37-27(36)33-11-9-19(10-12-33)24-14-22(25-26(29)30-17-31-35(24)25)20-7-8-21-16-34(32-23(21)13-20)15-18-5-4-6-18/h7-8,13-14,16-19H,4-6,9-12,15H2,1-3H3,(H2,29,30,31). The van der Waals surface area contributed by atoms with Gasteiger partial charge in [0.05, 0.1) is 5.52 Å². The van der Waals surface area contributed by atoms with Crippen LogP contribution >= 0.6 is 0 Å². The second-order valence-corrected chi connectivity index (χ2v) is 11.6. The molecule has 3 aromatic heterocycles. The summed E-state index contributed by atoms with van der Waals surface area (Å²) in [5, 5.41) is 10.6. The number of hydrogen-bond donors (Lipinski definition) is 1. The van der Waals surface area contributed by atoms with Crippen molar-refractivity contribution in [2.45, 2.75) is 70.9 Å². The number of aromatic nitrogens is 5. The summed E-state index contributed by atoms with van der Waals surface area (Å²) in [5.41, 5.74) is 10.9. The van der Waals surface area contributed by atoms with Crippen LogP contribution in [0.3, 0.4) is 0 Å². The lowest BCUT2D eigenvalue weighted by Crippen LogP contribution is -2.41. The van der Waals surface area contributed by atoms with Crippen LogP contribution in [-0.4, -0.2) is 54.1 Å². The Bertz CT molecular complexity index is 1450. The van der Waals surface area contributed by atoms with Crippen molar-refractivity contribution in [3.8, 4) is 11.1 Å². The van der Waals surface area contributed by atoms with E-state index in [1.807, 2.05) is 25.3 Å². The van der Waals surface area contributed by atoms with Gasteiger partial charge in [-0.25, -0.2) is 14.3 Å². The third kappa shape index (κ3) is 4.63. The van der Waals surface area contributed by atoms with Crippen LogP contribution in [0.5, 0.6) is 0 Å². The maximum atomic E-state index is 12.5. The minimum Gasteiger partial charge on any atom is -0.444 e. The Balaban J connectivity index is 1.29. The third-order valence-corrected chi connectivity index (χ3v) is 7.71. The molecule has 2 aliphatic rings. The number of carbonyl (C=O) groups is 1. The third-order valence-electron chi connectivity index (χ3n) is 7.71. The van der Waals surface area contributed by atoms with E-state index in [1.54, 1.807) is 4.90 Å². The summed E-state index contributed by atoms with van der Waals surface area (Å²) in [4.78, 5) is 18.6. The van der Waals surface area contributed by atoms with Gasteiger partial charge in [-0.2, -0.15) is 10.2 Å². The van der Waals surface area contributed by atoms with Crippen molar-refractivity contribution >= 4 is 28.3 Å². The number of nitrogens with zero attached hydrogens (tertiary/aromatic N) is 6. The minimum atomic E-state index is -0.497. The van der Waals surface area contributed by atoms with Gasteiger partial charge in [0.2, 0.25) is 0 Å². The molecule has 0 bridgehead atoms. The molecule has 37 heavy (non-hydrogen) atoms. The van der Waals surface area contributed by atoms with E-state index in [-0.39, 0.29) is 12.0 Å². The van der Waals surface area contributed by atoms with Gasteiger partial charge in [0.15, 0.2) is 5.82 Å². The Morgan fingerprint density at radius 3 is 2.62 bits per heavy atom. The number of hydrogen-bond acceptors (Lipinski definition) is 6. The van der Waals surface area contributed by atoms with Gasteiger partial charge in [-0.1, -0.05) is 18.6 Å². The SMILES string of the molecule is CC(C)(C)OC(=O)N1CCC(c2cc(-c3ccc4cn(CC5CCC5)nc4c3)c3c(N)ncnn23)CC1. The first-order valence-electron chi connectivity index (χ1n) is 13.3. The number of carbonyl (C=O) groups excluding carboxylic acids is 1. The summed E-state index contributed by atoms with van der Waals surface area (Å²) in [6.45, 7) is 7.97. The number of benzene rings is 1. The molecule has 1 saturated heterocycles. The van der Waals surface area contributed by atoms with Crippen molar-refractivity contribution in [2.24, 2.45) is 5.92 Å². The Labute approximate surface area is 216 Å². The lowest BCUT2D eigenvalue weighted by atomic mass is 9.85. The molecule has 194 valence electrons. The predicted molar refractivity (Wildman–Crippen MR) is 143 cm³/mol. The molecular weight excluding hydrogens is 466 g/mol. The van der Waals surface area contributed by atoms with Crippen molar-refractivity contribution in [2.75, 3.05) is 18.8 Å². The van der Waals surface area contributed by atoms with Crippen LogP contribution in [-0.2, 0) is 11.3 Å². The fourth-order valence-corrected chi connectivity index (χ4v) is 5.56. The summed E-state index contributed by atoms with van der Waals surface area (Å²) in [6, 6.07) is 8.61. The van der Waals surface area contributed by atoms with Crippen LogP contribution < -0.4 is 5.73 Å². The van der Waals surface area contributed by atoms with Crippen LogP contribution in [0, 0.1) is 5.92 Å². The van der Waals surface area contributed by atoms with E-state index in [0.717, 1.165) is 58.5 Å². The normalized spacial score (nSPS) is 17.4. The van der Waals surface area contributed by atoms with Gasteiger partial charge in [-0.15, -0.1) is 0 Å². The number of fused-ring (bicyclic) bond motifs is 2. The maximum Gasteiger partial charge on any atom is 0.410 e. The quantitative estimate of drug-likeness (QED) is 0.410. The molecule has 4 heterocycles. The highest BCUT2D eigenvalue weighted by atomic mass is 16.6. The molecule has 9 nitrogen and oxygen atoms in total. The van der Waals surface area contributed by atoms with Crippen molar-refractivity contribution in [3.63, 3.8) is 0 Å². The number of likely N-dealkylation sites (tertiary alicyclic amines) is 1. The van der Waals surface area contributed by atoms with Gasteiger partial charge in [0.25, 0.3) is 0 Å². The Morgan fingerprint density at radius 1 is 1.14 bits per heavy atom. The van der Waals surface area contributed by atoms with E-state index in [4.69, 9.17) is 15.6 Å². The van der Waals surface area contributed by atoms with Crippen LogP contribution in [0.25, 0.3) is 27.5 Å². The number of amides is 1. The topological polar surface area (TPSA) is 104 Å². The second-order valence-electron chi connectivity index (χ2n) is 11.6. The highest BCUT2D eigenvalue weighted by Crippen LogP contribution is 2.37. The molecule has 2 N–H and O–H groups in total. The van der Waals surface area contributed by atoms with Gasteiger partial charge in [-0.3, -0.25) is 4.68 Å². The fourth-order valence-electron chi connectivity index (χ4n) is 5.56. The summed E-state index contributed by atoms with van der Waals surface area (Å²) < 4.78 is 9.60. The van der Waals surface area contributed by atoms with E-state index >= 15 is 0 Å². The zero-order chi connectivity index (χ0) is 25.7. The van der Waals surface area contributed by atoms with Crippen molar-refractivity contribution in [1.29, 1.82) is 0 Å². The van der Waals surface area contributed by atoms with Gasteiger partial charge in [0, 0.05) is 48.4 Å². The number of anilines is 1.